The number of pyridine rings is 1. The van der Waals surface area contributed by atoms with E-state index in [1.807, 2.05) is 30.3 Å². The third-order valence-corrected chi connectivity index (χ3v) is 5.06. The SMILES string of the molecule is CN(Cc1cccc2cccnc12)S(=O)(=O)c1cn[nH]c1. The summed E-state index contributed by atoms with van der Waals surface area (Å²) in [6.45, 7) is 0.252. The van der Waals surface area contributed by atoms with Crippen LogP contribution in [0.25, 0.3) is 10.9 Å². The first-order chi connectivity index (χ1) is 10.1. The topological polar surface area (TPSA) is 79.0 Å². The second-order valence-corrected chi connectivity index (χ2v) is 6.73. The Morgan fingerprint density at radius 3 is 2.81 bits per heavy atom. The minimum Gasteiger partial charge on any atom is -0.284 e. The Morgan fingerprint density at radius 1 is 1.24 bits per heavy atom. The summed E-state index contributed by atoms with van der Waals surface area (Å²) in [5.41, 5.74) is 1.68. The lowest BCUT2D eigenvalue weighted by molar-refractivity contribution is 0.468. The standard InChI is InChI=1S/C14H14N4O2S/c1-18(21(19,20)13-8-16-17-9-13)10-12-5-2-4-11-6-3-7-15-14(11)12/h2-9H,10H2,1H3,(H,16,17). The summed E-state index contributed by atoms with van der Waals surface area (Å²) in [5.74, 6) is 0. The molecule has 3 rings (SSSR count). The molecule has 0 spiro atoms. The Labute approximate surface area is 122 Å². The van der Waals surface area contributed by atoms with Gasteiger partial charge in [0.25, 0.3) is 0 Å². The predicted molar refractivity (Wildman–Crippen MR) is 79.0 cm³/mol. The van der Waals surface area contributed by atoms with E-state index in [-0.39, 0.29) is 11.4 Å². The van der Waals surface area contributed by atoms with Gasteiger partial charge in [-0.3, -0.25) is 10.1 Å². The van der Waals surface area contributed by atoms with Crippen molar-refractivity contribution in [3.05, 3.63) is 54.5 Å². The first kappa shape index (κ1) is 13.7. The maximum absolute atomic E-state index is 12.4. The van der Waals surface area contributed by atoms with E-state index in [4.69, 9.17) is 0 Å². The number of aromatic amines is 1. The van der Waals surface area contributed by atoms with Crippen LogP contribution in [0.15, 0.2) is 53.8 Å². The Morgan fingerprint density at radius 2 is 2.05 bits per heavy atom. The fraction of sp³-hybridized carbons (Fsp3) is 0.143. The number of nitrogens with zero attached hydrogens (tertiary/aromatic N) is 3. The number of fused-ring (bicyclic) bond motifs is 1. The summed E-state index contributed by atoms with van der Waals surface area (Å²) < 4.78 is 26.1. The average molecular weight is 302 g/mol. The molecule has 0 radical (unpaired) electrons. The Hall–Kier alpha value is -2.25. The quantitative estimate of drug-likeness (QED) is 0.796. The molecule has 7 heteroatoms. The largest absolute Gasteiger partial charge is 0.284 e. The minimum atomic E-state index is -3.55. The number of rotatable bonds is 4. The minimum absolute atomic E-state index is 0.151. The number of sulfonamides is 1. The van der Waals surface area contributed by atoms with Crippen LogP contribution in [0.2, 0.25) is 0 Å². The molecular formula is C14H14N4O2S. The van der Waals surface area contributed by atoms with Gasteiger partial charge in [0.1, 0.15) is 4.90 Å². The van der Waals surface area contributed by atoms with E-state index in [0.29, 0.717) is 0 Å². The van der Waals surface area contributed by atoms with Crippen molar-refractivity contribution in [3.8, 4) is 0 Å². The molecular weight excluding hydrogens is 288 g/mol. The van der Waals surface area contributed by atoms with Gasteiger partial charge in [-0.25, -0.2) is 8.42 Å². The number of benzene rings is 1. The van der Waals surface area contributed by atoms with Crippen molar-refractivity contribution in [1.82, 2.24) is 19.5 Å². The molecule has 1 aromatic carbocycles. The fourth-order valence-electron chi connectivity index (χ4n) is 2.18. The third kappa shape index (κ3) is 2.53. The molecule has 0 atom stereocenters. The highest BCUT2D eigenvalue weighted by atomic mass is 32.2. The fourth-order valence-corrected chi connectivity index (χ4v) is 3.24. The number of H-pyrrole nitrogens is 1. The van der Waals surface area contributed by atoms with Gasteiger partial charge in [-0.1, -0.05) is 24.3 Å². The van der Waals surface area contributed by atoms with E-state index >= 15 is 0 Å². The number of nitrogens with one attached hydrogen (secondary N) is 1. The Balaban J connectivity index is 1.96. The van der Waals surface area contributed by atoms with Gasteiger partial charge >= 0.3 is 0 Å². The molecule has 3 aromatic rings. The molecule has 0 amide bonds. The predicted octanol–water partition coefficient (Wildman–Crippen LogP) is 1.78. The summed E-state index contributed by atoms with van der Waals surface area (Å²) in [6, 6.07) is 9.55. The van der Waals surface area contributed by atoms with Crippen molar-refractivity contribution in [2.75, 3.05) is 7.05 Å². The monoisotopic (exact) mass is 302 g/mol. The van der Waals surface area contributed by atoms with Crippen LogP contribution in [-0.4, -0.2) is 35.0 Å². The molecule has 1 N–H and O–H groups in total. The molecule has 2 aromatic heterocycles. The van der Waals surface area contributed by atoms with Crippen molar-refractivity contribution < 1.29 is 8.42 Å². The molecule has 0 bridgehead atoms. The first-order valence-electron chi connectivity index (χ1n) is 6.37. The second-order valence-electron chi connectivity index (χ2n) is 4.69. The highest BCUT2D eigenvalue weighted by molar-refractivity contribution is 7.89. The van der Waals surface area contributed by atoms with Crippen LogP contribution in [0.1, 0.15) is 5.56 Å². The normalized spacial score (nSPS) is 12.1. The first-order valence-corrected chi connectivity index (χ1v) is 7.81. The van der Waals surface area contributed by atoms with E-state index < -0.39 is 10.0 Å². The molecule has 0 aliphatic carbocycles. The lowest BCUT2D eigenvalue weighted by Crippen LogP contribution is -2.26. The van der Waals surface area contributed by atoms with E-state index in [9.17, 15) is 8.42 Å². The van der Waals surface area contributed by atoms with E-state index in [1.165, 1.54) is 16.7 Å². The van der Waals surface area contributed by atoms with Gasteiger partial charge in [-0.2, -0.15) is 9.40 Å². The number of para-hydroxylation sites is 1. The molecule has 0 unspecified atom stereocenters. The van der Waals surface area contributed by atoms with Crippen LogP contribution >= 0.6 is 0 Å². The van der Waals surface area contributed by atoms with Gasteiger partial charge in [-0.05, 0) is 11.6 Å². The van der Waals surface area contributed by atoms with Gasteiger partial charge in [0.15, 0.2) is 0 Å². The van der Waals surface area contributed by atoms with E-state index in [1.54, 1.807) is 13.2 Å². The van der Waals surface area contributed by atoms with Crippen molar-refractivity contribution in [3.63, 3.8) is 0 Å². The van der Waals surface area contributed by atoms with Gasteiger partial charge in [0, 0.05) is 31.4 Å². The van der Waals surface area contributed by atoms with Crippen LogP contribution in [-0.2, 0) is 16.6 Å². The number of aromatic nitrogens is 3. The number of hydrogen-bond donors (Lipinski definition) is 1. The highest BCUT2D eigenvalue weighted by Crippen LogP contribution is 2.20. The average Bonchev–Trinajstić information content (AvgIpc) is 3.02. The van der Waals surface area contributed by atoms with Crippen molar-refractivity contribution in [1.29, 1.82) is 0 Å². The van der Waals surface area contributed by atoms with Crippen molar-refractivity contribution >= 4 is 20.9 Å². The highest BCUT2D eigenvalue weighted by Gasteiger charge is 2.22. The number of hydrogen-bond acceptors (Lipinski definition) is 4. The maximum atomic E-state index is 12.4. The van der Waals surface area contributed by atoms with Crippen LogP contribution in [0.4, 0.5) is 0 Å². The van der Waals surface area contributed by atoms with Gasteiger partial charge in [0.05, 0.1) is 11.7 Å². The summed E-state index contributed by atoms with van der Waals surface area (Å²) >= 11 is 0. The zero-order valence-corrected chi connectivity index (χ0v) is 12.2. The zero-order valence-electron chi connectivity index (χ0n) is 11.4. The summed E-state index contributed by atoms with van der Waals surface area (Å²) in [6.07, 6.45) is 4.37. The summed E-state index contributed by atoms with van der Waals surface area (Å²) in [7, 11) is -2.00. The molecule has 0 saturated heterocycles. The molecule has 6 nitrogen and oxygen atoms in total. The molecule has 0 aliphatic heterocycles. The third-order valence-electron chi connectivity index (χ3n) is 3.29. The van der Waals surface area contributed by atoms with Crippen LogP contribution in [0.5, 0.6) is 0 Å². The Bertz CT molecular complexity index is 854. The second kappa shape index (κ2) is 5.27. The van der Waals surface area contributed by atoms with Crippen LogP contribution in [0, 0.1) is 0 Å². The molecule has 2 heterocycles. The molecule has 108 valence electrons. The van der Waals surface area contributed by atoms with E-state index in [0.717, 1.165) is 16.5 Å². The molecule has 0 saturated carbocycles. The zero-order chi connectivity index (χ0) is 14.9. The smallest absolute Gasteiger partial charge is 0.246 e. The molecule has 0 aliphatic rings. The van der Waals surface area contributed by atoms with Crippen molar-refractivity contribution in [2.24, 2.45) is 0 Å². The van der Waals surface area contributed by atoms with Gasteiger partial charge in [0.2, 0.25) is 10.0 Å². The van der Waals surface area contributed by atoms with E-state index in [2.05, 4.69) is 15.2 Å². The maximum Gasteiger partial charge on any atom is 0.246 e. The lowest BCUT2D eigenvalue weighted by atomic mass is 10.1. The lowest BCUT2D eigenvalue weighted by Gasteiger charge is -2.16. The summed E-state index contributed by atoms with van der Waals surface area (Å²) in [4.78, 5) is 4.49. The van der Waals surface area contributed by atoms with Gasteiger partial charge in [-0.15, -0.1) is 0 Å². The van der Waals surface area contributed by atoms with Crippen LogP contribution < -0.4 is 0 Å². The Kier molecular flexibility index (Phi) is 3.44. The summed E-state index contributed by atoms with van der Waals surface area (Å²) in [5, 5.41) is 7.19. The van der Waals surface area contributed by atoms with Crippen LogP contribution in [0.3, 0.4) is 0 Å². The molecule has 21 heavy (non-hydrogen) atoms. The molecule has 0 fully saturated rings. The van der Waals surface area contributed by atoms with Crippen molar-refractivity contribution in [2.45, 2.75) is 11.4 Å². The van der Waals surface area contributed by atoms with Gasteiger partial charge < -0.3 is 0 Å².